The first-order valence-corrected chi connectivity index (χ1v) is 5.61. The van der Waals surface area contributed by atoms with Crippen LogP contribution >= 0.6 is 0 Å². The number of rotatable bonds is 6. The molecule has 1 fully saturated rings. The number of imide groups is 1. The standard InChI is InChI=1S/C12H19N3O2/c1-8-6-11(16)15(12(8)17)7-10(3)14-5-4-9(2)13/h8,14H,2-7,13H2,1H3. The minimum absolute atomic E-state index is 0.124. The second-order valence-corrected chi connectivity index (χ2v) is 4.36. The summed E-state index contributed by atoms with van der Waals surface area (Å²) in [6.45, 7) is 9.97. The highest BCUT2D eigenvalue weighted by atomic mass is 16.2. The van der Waals surface area contributed by atoms with Crippen LogP contribution in [0.3, 0.4) is 0 Å². The normalized spacial score (nSPS) is 19.6. The summed E-state index contributed by atoms with van der Waals surface area (Å²) in [5.74, 6) is -0.464. The molecule has 0 radical (unpaired) electrons. The molecular weight excluding hydrogens is 218 g/mol. The van der Waals surface area contributed by atoms with Crippen molar-refractivity contribution in [3.8, 4) is 0 Å². The molecule has 1 rings (SSSR count). The molecule has 0 saturated carbocycles. The average Bonchev–Trinajstić information content (AvgIpc) is 2.44. The number of likely N-dealkylation sites (tertiary alicyclic amines) is 1. The van der Waals surface area contributed by atoms with Crippen molar-refractivity contribution < 1.29 is 9.59 Å². The topological polar surface area (TPSA) is 75.4 Å². The van der Waals surface area contributed by atoms with E-state index in [2.05, 4.69) is 18.5 Å². The van der Waals surface area contributed by atoms with Crippen LogP contribution in [0.15, 0.2) is 24.6 Å². The van der Waals surface area contributed by atoms with E-state index in [9.17, 15) is 9.59 Å². The summed E-state index contributed by atoms with van der Waals surface area (Å²) in [5.41, 5.74) is 6.65. The summed E-state index contributed by atoms with van der Waals surface area (Å²) in [6.07, 6.45) is 0.934. The van der Waals surface area contributed by atoms with Gasteiger partial charge in [-0.25, -0.2) is 0 Å². The second kappa shape index (κ2) is 5.52. The minimum Gasteiger partial charge on any atom is -0.402 e. The van der Waals surface area contributed by atoms with Gasteiger partial charge in [-0.05, 0) is 0 Å². The largest absolute Gasteiger partial charge is 0.402 e. The Balaban J connectivity index is 2.38. The van der Waals surface area contributed by atoms with Crippen LogP contribution in [-0.4, -0.2) is 29.8 Å². The molecule has 2 amide bonds. The summed E-state index contributed by atoms with van der Waals surface area (Å²) in [7, 11) is 0. The van der Waals surface area contributed by atoms with Crippen LogP contribution in [0.4, 0.5) is 0 Å². The van der Waals surface area contributed by atoms with Gasteiger partial charge in [-0.15, -0.1) is 0 Å². The maximum atomic E-state index is 11.6. The molecule has 1 aliphatic heterocycles. The lowest BCUT2D eigenvalue weighted by atomic mass is 10.1. The van der Waals surface area contributed by atoms with Gasteiger partial charge in [0.1, 0.15) is 0 Å². The third-order valence-corrected chi connectivity index (χ3v) is 2.64. The van der Waals surface area contributed by atoms with E-state index in [1.165, 1.54) is 4.90 Å². The molecule has 0 aliphatic carbocycles. The molecule has 0 aromatic carbocycles. The zero-order chi connectivity index (χ0) is 13.0. The quantitative estimate of drug-likeness (QED) is 0.653. The molecular formula is C12H19N3O2. The molecule has 0 aromatic rings. The summed E-state index contributed by atoms with van der Waals surface area (Å²) in [5, 5.41) is 3.02. The van der Waals surface area contributed by atoms with Crippen LogP contribution in [-0.2, 0) is 9.59 Å². The molecule has 0 bridgehead atoms. The van der Waals surface area contributed by atoms with Crippen LogP contribution < -0.4 is 11.1 Å². The van der Waals surface area contributed by atoms with E-state index >= 15 is 0 Å². The lowest BCUT2D eigenvalue weighted by Gasteiger charge is -2.17. The second-order valence-electron chi connectivity index (χ2n) is 4.36. The third-order valence-electron chi connectivity index (χ3n) is 2.64. The van der Waals surface area contributed by atoms with Crippen molar-refractivity contribution in [1.29, 1.82) is 0 Å². The predicted octanol–water partition coefficient (Wildman–Crippen LogP) is 0.347. The number of nitrogens with one attached hydrogen (secondary N) is 1. The summed E-state index contributed by atoms with van der Waals surface area (Å²) < 4.78 is 0. The van der Waals surface area contributed by atoms with Gasteiger partial charge in [0, 0.05) is 36.7 Å². The number of nitrogens with two attached hydrogens (primary N) is 1. The smallest absolute Gasteiger partial charge is 0.232 e. The zero-order valence-corrected chi connectivity index (χ0v) is 10.2. The van der Waals surface area contributed by atoms with Gasteiger partial charge in [0.15, 0.2) is 0 Å². The van der Waals surface area contributed by atoms with E-state index in [4.69, 9.17) is 5.73 Å². The number of hydrogen-bond acceptors (Lipinski definition) is 4. The van der Waals surface area contributed by atoms with Crippen molar-refractivity contribution in [3.63, 3.8) is 0 Å². The van der Waals surface area contributed by atoms with E-state index in [-0.39, 0.29) is 24.3 Å². The Hall–Kier alpha value is -1.78. The molecule has 17 heavy (non-hydrogen) atoms. The van der Waals surface area contributed by atoms with Crippen LogP contribution in [0.1, 0.15) is 19.8 Å². The van der Waals surface area contributed by atoms with Crippen molar-refractivity contribution in [2.75, 3.05) is 13.1 Å². The molecule has 94 valence electrons. The van der Waals surface area contributed by atoms with Gasteiger partial charge in [0.05, 0.1) is 6.54 Å². The molecule has 1 saturated heterocycles. The molecule has 5 heteroatoms. The van der Waals surface area contributed by atoms with Crippen molar-refractivity contribution in [2.24, 2.45) is 11.7 Å². The number of carbonyl (C=O) groups is 2. The lowest BCUT2D eigenvalue weighted by Crippen LogP contribution is -2.35. The maximum Gasteiger partial charge on any atom is 0.232 e. The predicted molar refractivity (Wildman–Crippen MR) is 65.6 cm³/mol. The highest BCUT2D eigenvalue weighted by Gasteiger charge is 2.35. The first kappa shape index (κ1) is 13.3. The first-order valence-electron chi connectivity index (χ1n) is 5.61. The van der Waals surface area contributed by atoms with Crippen molar-refractivity contribution in [2.45, 2.75) is 19.8 Å². The van der Waals surface area contributed by atoms with Crippen molar-refractivity contribution in [3.05, 3.63) is 24.6 Å². The third kappa shape index (κ3) is 3.62. The van der Waals surface area contributed by atoms with E-state index in [1.54, 1.807) is 6.92 Å². The van der Waals surface area contributed by atoms with Gasteiger partial charge in [-0.1, -0.05) is 20.1 Å². The van der Waals surface area contributed by atoms with Gasteiger partial charge >= 0.3 is 0 Å². The van der Waals surface area contributed by atoms with E-state index < -0.39 is 0 Å². The lowest BCUT2D eigenvalue weighted by molar-refractivity contribution is -0.138. The SMILES string of the molecule is C=C(N)CCNC(=C)CN1C(=O)CC(C)C1=O. The first-order chi connectivity index (χ1) is 7.91. The molecule has 1 atom stereocenters. The summed E-state index contributed by atoms with van der Waals surface area (Å²) in [4.78, 5) is 24.4. The fourth-order valence-electron chi connectivity index (χ4n) is 1.66. The highest BCUT2D eigenvalue weighted by Crippen LogP contribution is 2.18. The van der Waals surface area contributed by atoms with Crippen LogP contribution in [0.2, 0.25) is 0 Å². The van der Waals surface area contributed by atoms with Crippen LogP contribution in [0.25, 0.3) is 0 Å². The Morgan fingerprint density at radius 2 is 2.18 bits per heavy atom. The number of carbonyl (C=O) groups excluding carboxylic acids is 2. The van der Waals surface area contributed by atoms with Crippen LogP contribution in [0.5, 0.6) is 0 Å². The molecule has 0 spiro atoms. The van der Waals surface area contributed by atoms with Crippen LogP contribution in [0, 0.1) is 5.92 Å². The Morgan fingerprint density at radius 1 is 1.53 bits per heavy atom. The average molecular weight is 237 g/mol. The molecule has 0 aromatic heterocycles. The zero-order valence-electron chi connectivity index (χ0n) is 10.2. The summed E-state index contributed by atoms with van der Waals surface area (Å²) >= 11 is 0. The molecule has 3 N–H and O–H groups in total. The molecule has 1 unspecified atom stereocenters. The summed E-state index contributed by atoms with van der Waals surface area (Å²) in [6, 6.07) is 0. The Bertz CT molecular complexity index is 363. The fourth-order valence-corrected chi connectivity index (χ4v) is 1.66. The number of amides is 2. The fraction of sp³-hybridized carbons (Fsp3) is 0.500. The van der Waals surface area contributed by atoms with E-state index in [1.807, 2.05) is 0 Å². The van der Waals surface area contributed by atoms with Gasteiger partial charge in [0.25, 0.3) is 0 Å². The van der Waals surface area contributed by atoms with Gasteiger partial charge in [-0.3, -0.25) is 14.5 Å². The minimum atomic E-state index is -0.209. The highest BCUT2D eigenvalue weighted by molar-refractivity contribution is 6.03. The van der Waals surface area contributed by atoms with Gasteiger partial charge in [0.2, 0.25) is 11.8 Å². The van der Waals surface area contributed by atoms with E-state index in [0.29, 0.717) is 30.8 Å². The monoisotopic (exact) mass is 237 g/mol. The van der Waals surface area contributed by atoms with Gasteiger partial charge in [-0.2, -0.15) is 0 Å². The molecule has 1 heterocycles. The Labute approximate surface area is 101 Å². The maximum absolute atomic E-state index is 11.6. The van der Waals surface area contributed by atoms with Gasteiger partial charge < -0.3 is 11.1 Å². The Kier molecular flexibility index (Phi) is 4.31. The van der Waals surface area contributed by atoms with Crippen molar-refractivity contribution in [1.82, 2.24) is 10.2 Å². The molecule has 5 nitrogen and oxygen atoms in total. The number of nitrogens with zero attached hydrogens (tertiary/aromatic N) is 1. The number of hydrogen-bond donors (Lipinski definition) is 2. The van der Waals surface area contributed by atoms with Crippen molar-refractivity contribution >= 4 is 11.8 Å². The molecule has 1 aliphatic rings. The Morgan fingerprint density at radius 3 is 2.65 bits per heavy atom. The van der Waals surface area contributed by atoms with E-state index in [0.717, 1.165) is 0 Å².